The van der Waals surface area contributed by atoms with E-state index in [9.17, 15) is 15.0 Å². The second-order valence-corrected chi connectivity index (χ2v) is 5.71. The zero-order valence-electron chi connectivity index (χ0n) is 13.0. The van der Waals surface area contributed by atoms with Crippen molar-refractivity contribution in [2.75, 3.05) is 13.2 Å². The van der Waals surface area contributed by atoms with Crippen LogP contribution in [0.25, 0.3) is 5.65 Å². The smallest absolute Gasteiger partial charge is 0.267 e. The summed E-state index contributed by atoms with van der Waals surface area (Å²) in [6, 6.07) is 5.40. The number of aryl methyl sites for hydroxylation is 1. The molecule has 0 fully saturated rings. The number of aliphatic hydroxyl groups excluding tert-OH is 2. The Labute approximate surface area is 129 Å². The van der Waals surface area contributed by atoms with E-state index >= 15 is 0 Å². The first-order valence-corrected chi connectivity index (χ1v) is 7.51. The van der Waals surface area contributed by atoms with E-state index in [-0.39, 0.29) is 13.2 Å². The number of rotatable bonds is 7. The number of hydrogen-bond donors (Lipinski definition) is 3. The highest BCUT2D eigenvalue weighted by atomic mass is 16.3. The number of hydrogen-bond acceptors (Lipinski definition) is 4. The molecular weight excluding hydrogens is 282 g/mol. The second-order valence-electron chi connectivity index (χ2n) is 5.71. The van der Waals surface area contributed by atoms with Gasteiger partial charge in [-0.3, -0.25) is 9.20 Å². The maximum atomic E-state index is 11.8. The molecule has 6 nitrogen and oxygen atoms in total. The molecule has 2 aromatic heterocycles. The van der Waals surface area contributed by atoms with Crippen LogP contribution in [0.15, 0.2) is 18.2 Å². The van der Waals surface area contributed by atoms with Gasteiger partial charge in [-0.1, -0.05) is 25.8 Å². The predicted molar refractivity (Wildman–Crippen MR) is 83.8 cm³/mol. The molecule has 0 atom stereocenters. The SMILES string of the molecule is CCCCC(CO)(CO)c1cccc2nc(C)c(C(N)=O)n12. The summed E-state index contributed by atoms with van der Waals surface area (Å²) in [5, 5.41) is 19.9. The number of primary amides is 1. The normalized spacial score (nSPS) is 12.0. The number of carbonyl (C=O) groups is 1. The largest absolute Gasteiger partial charge is 0.395 e. The number of aromatic nitrogens is 2. The maximum absolute atomic E-state index is 11.8. The summed E-state index contributed by atoms with van der Waals surface area (Å²) in [4.78, 5) is 16.2. The molecule has 4 N–H and O–H groups in total. The van der Waals surface area contributed by atoms with E-state index < -0.39 is 11.3 Å². The molecule has 0 unspecified atom stereocenters. The first kappa shape index (κ1) is 16.5. The Hall–Kier alpha value is -1.92. The molecule has 1 amide bonds. The van der Waals surface area contributed by atoms with Gasteiger partial charge in [-0.2, -0.15) is 0 Å². The summed E-state index contributed by atoms with van der Waals surface area (Å²) in [6.45, 7) is 3.36. The number of unbranched alkanes of at least 4 members (excludes halogenated alkanes) is 1. The molecule has 22 heavy (non-hydrogen) atoms. The lowest BCUT2D eigenvalue weighted by Crippen LogP contribution is -2.37. The number of fused-ring (bicyclic) bond motifs is 1. The van der Waals surface area contributed by atoms with Crippen LogP contribution in [0.1, 0.15) is 48.1 Å². The van der Waals surface area contributed by atoms with Crippen molar-refractivity contribution in [2.45, 2.75) is 38.5 Å². The molecule has 0 aromatic carbocycles. The van der Waals surface area contributed by atoms with Gasteiger partial charge in [-0.15, -0.1) is 0 Å². The number of nitrogens with two attached hydrogens (primary N) is 1. The third-order valence-electron chi connectivity index (χ3n) is 4.21. The molecule has 2 heterocycles. The third-order valence-corrected chi connectivity index (χ3v) is 4.21. The van der Waals surface area contributed by atoms with Crippen LogP contribution in [-0.2, 0) is 5.41 Å². The van der Waals surface area contributed by atoms with Crippen molar-refractivity contribution in [2.24, 2.45) is 5.73 Å². The van der Waals surface area contributed by atoms with Crippen molar-refractivity contribution in [3.8, 4) is 0 Å². The fourth-order valence-electron chi connectivity index (χ4n) is 2.92. The molecule has 0 radical (unpaired) electrons. The van der Waals surface area contributed by atoms with E-state index in [1.807, 2.05) is 12.1 Å². The summed E-state index contributed by atoms with van der Waals surface area (Å²) >= 11 is 0. The zero-order chi connectivity index (χ0) is 16.3. The summed E-state index contributed by atoms with van der Waals surface area (Å²) in [5.74, 6) is -0.572. The topological polar surface area (TPSA) is 101 Å². The summed E-state index contributed by atoms with van der Waals surface area (Å²) in [5.41, 5.74) is 6.76. The van der Waals surface area contributed by atoms with Crippen LogP contribution >= 0.6 is 0 Å². The quantitative estimate of drug-likeness (QED) is 0.714. The van der Waals surface area contributed by atoms with E-state index in [0.29, 0.717) is 29.1 Å². The van der Waals surface area contributed by atoms with Crippen LogP contribution in [-0.4, -0.2) is 38.7 Å². The van der Waals surface area contributed by atoms with Crippen LogP contribution in [0.3, 0.4) is 0 Å². The van der Waals surface area contributed by atoms with Gasteiger partial charge in [-0.25, -0.2) is 4.98 Å². The van der Waals surface area contributed by atoms with Gasteiger partial charge in [-0.05, 0) is 25.5 Å². The standard InChI is InChI=1S/C16H23N3O3/c1-3-4-8-16(9-20,10-21)12-6-5-7-13-18-11(2)14(15(17)22)19(12)13/h5-7,20-21H,3-4,8-10H2,1-2H3,(H2,17,22). The van der Waals surface area contributed by atoms with Crippen LogP contribution in [0.4, 0.5) is 0 Å². The van der Waals surface area contributed by atoms with Gasteiger partial charge < -0.3 is 15.9 Å². The van der Waals surface area contributed by atoms with E-state index in [1.54, 1.807) is 17.4 Å². The molecule has 0 saturated carbocycles. The lowest BCUT2D eigenvalue weighted by molar-refractivity contribution is 0.0973. The summed E-state index contributed by atoms with van der Waals surface area (Å²) in [7, 11) is 0. The Balaban J connectivity index is 2.74. The summed E-state index contributed by atoms with van der Waals surface area (Å²) in [6.07, 6.45) is 2.42. The number of aliphatic hydroxyl groups is 2. The molecule has 0 bridgehead atoms. The average Bonchev–Trinajstić information content (AvgIpc) is 2.85. The number of nitrogens with zero attached hydrogens (tertiary/aromatic N) is 2. The second kappa shape index (κ2) is 6.46. The lowest BCUT2D eigenvalue weighted by atomic mass is 9.80. The van der Waals surface area contributed by atoms with Crippen molar-refractivity contribution < 1.29 is 15.0 Å². The monoisotopic (exact) mass is 305 g/mol. The molecule has 2 rings (SSSR count). The van der Waals surface area contributed by atoms with Crippen molar-refractivity contribution in [3.05, 3.63) is 35.3 Å². The van der Waals surface area contributed by atoms with Gasteiger partial charge in [0.05, 0.1) is 24.3 Å². The fraction of sp³-hybridized carbons (Fsp3) is 0.500. The van der Waals surface area contributed by atoms with Crippen molar-refractivity contribution in [1.29, 1.82) is 0 Å². The van der Waals surface area contributed by atoms with Gasteiger partial charge in [0.2, 0.25) is 0 Å². The van der Waals surface area contributed by atoms with Crippen LogP contribution in [0.5, 0.6) is 0 Å². The molecule has 0 aliphatic heterocycles. The molecule has 0 spiro atoms. The van der Waals surface area contributed by atoms with Gasteiger partial charge in [0.15, 0.2) is 0 Å². The minimum Gasteiger partial charge on any atom is -0.395 e. The fourth-order valence-corrected chi connectivity index (χ4v) is 2.92. The third kappa shape index (κ3) is 2.60. The first-order valence-electron chi connectivity index (χ1n) is 7.51. The highest BCUT2D eigenvalue weighted by molar-refractivity contribution is 5.93. The van der Waals surface area contributed by atoms with E-state index in [2.05, 4.69) is 11.9 Å². The van der Waals surface area contributed by atoms with E-state index in [4.69, 9.17) is 5.73 Å². The average molecular weight is 305 g/mol. The molecule has 0 saturated heterocycles. The molecule has 0 aliphatic carbocycles. The van der Waals surface area contributed by atoms with Crippen LogP contribution < -0.4 is 5.73 Å². The number of amides is 1. The minimum absolute atomic E-state index is 0.210. The first-order chi connectivity index (χ1) is 10.5. The zero-order valence-corrected chi connectivity index (χ0v) is 13.0. The Morgan fingerprint density at radius 1 is 1.36 bits per heavy atom. The van der Waals surface area contributed by atoms with Crippen molar-refractivity contribution in [3.63, 3.8) is 0 Å². The lowest BCUT2D eigenvalue weighted by Gasteiger charge is -2.31. The number of imidazole rings is 1. The van der Waals surface area contributed by atoms with Gasteiger partial charge in [0, 0.05) is 5.69 Å². The van der Waals surface area contributed by atoms with E-state index in [0.717, 1.165) is 12.8 Å². The predicted octanol–water partition coefficient (Wildman–Crippen LogP) is 1.15. The highest BCUT2D eigenvalue weighted by Crippen LogP contribution is 2.31. The highest BCUT2D eigenvalue weighted by Gasteiger charge is 2.34. The minimum atomic E-state index is -0.827. The van der Waals surface area contributed by atoms with Gasteiger partial charge in [0.25, 0.3) is 5.91 Å². The Kier molecular flexibility index (Phi) is 4.83. The van der Waals surface area contributed by atoms with E-state index in [1.165, 1.54) is 0 Å². The molecule has 2 aromatic rings. The van der Waals surface area contributed by atoms with Gasteiger partial charge >= 0.3 is 0 Å². The summed E-state index contributed by atoms with van der Waals surface area (Å²) < 4.78 is 1.67. The Morgan fingerprint density at radius 2 is 2.05 bits per heavy atom. The van der Waals surface area contributed by atoms with Gasteiger partial charge in [0.1, 0.15) is 11.3 Å². The molecular formula is C16H23N3O3. The molecule has 6 heteroatoms. The van der Waals surface area contributed by atoms with Crippen molar-refractivity contribution >= 4 is 11.6 Å². The maximum Gasteiger partial charge on any atom is 0.267 e. The number of carbonyl (C=O) groups excluding carboxylic acids is 1. The molecule has 120 valence electrons. The Morgan fingerprint density at radius 3 is 2.59 bits per heavy atom. The van der Waals surface area contributed by atoms with Crippen molar-refractivity contribution in [1.82, 2.24) is 9.38 Å². The van der Waals surface area contributed by atoms with Crippen LogP contribution in [0.2, 0.25) is 0 Å². The molecule has 0 aliphatic rings. The number of pyridine rings is 1. The van der Waals surface area contributed by atoms with Crippen LogP contribution in [0, 0.1) is 6.92 Å². The Bertz CT molecular complexity index is 675.